The number of aryl methyl sites for hydroxylation is 1. The molecular weight excluding hydrogens is 330 g/mol. The van der Waals surface area contributed by atoms with E-state index in [1.807, 2.05) is 6.07 Å². The van der Waals surface area contributed by atoms with Crippen molar-refractivity contribution in [3.63, 3.8) is 0 Å². The van der Waals surface area contributed by atoms with Crippen molar-refractivity contribution in [3.8, 4) is 0 Å². The molecule has 1 aliphatic heterocycles. The molecule has 0 spiro atoms. The highest BCUT2D eigenvalue weighted by Gasteiger charge is 2.22. The second-order valence-corrected chi connectivity index (χ2v) is 8.07. The summed E-state index contributed by atoms with van der Waals surface area (Å²) in [5.41, 5.74) is 3.03. The monoisotopic (exact) mass is 359 g/mol. The van der Waals surface area contributed by atoms with Crippen molar-refractivity contribution >= 4 is 17.2 Å². The molecule has 1 aliphatic rings. The molecule has 1 fully saturated rings. The highest BCUT2D eigenvalue weighted by molar-refractivity contribution is 7.09. The molecule has 136 valence electrons. The molecule has 0 atom stereocenters. The van der Waals surface area contributed by atoms with Gasteiger partial charge in [-0.3, -0.25) is 4.79 Å². The first-order valence-electron chi connectivity index (χ1n) is 9.30. The van der Waals surface area contributed by atoms with Gasteiger partial charge in [-0.05, 0) is 57.2 Å². The minimum absolute atomic E-state index is 0.0828. The summed E-state index contributed by atoms with van der Waals surface area (Å²) in [6.45, 7) is 10.6. The number of carbonyl (C=O) groups excluding carboxylic acids is 1. The van der Waals surface area contributed by atoms with Gasteiger partial charge in [0.15, 0.2) is 0 Å². The number of piperidine rings is 1. The molecule has 3 heterocycles. The fourth-order valence-corrected chi connectivity index (χ4v) is 4.41. The molecule has 1 saturated heterocycles. The summed E-state index contributed by atoms with van der Waals surface area (Å²) >= 11 is 1.76. The lowest BCUT2D eigenvalue weighted by atomic mass is 10.0. The first kappa shape index (κ1) is 18.2. The van der Waals surface area contributed by atoms with Gasteiger partial charge in [-0.1, -0.05) is 13.0 Å². The van der Waals surface area contributed by atoms with E-state index in [1.54, 1.807) is 11.3 Å². The third kappa shape index (κ3) is 4.33. The van der Waals surface area contributed by atoms with Crippen LogP contribution in [0.4, 0.5) is 0 Å². The van der Waals surface area contributed by atoms with Crippen molar-refractivity contribution in [2.24, 2.45) is 0 Å². The van der Waals surface area contributed by atoms with E-state index in [0.717, 1.165) is 49.4 Å². The Morgan fingerprint density at radius 2 is 2.08 bits per heavy atom. The van der Waals surface area contributed by atoms with Crippen LogP contribution < -0.4 is 5.32 Å². The minimum Gasteiger partial charge on any atom is -0.349 e. The van der Waals surface area contributed by atoms with E-state index in [0.29, 0.717) is 6.04 Å². The van der Waals surface area contributed by atoms with Crippen LogP contribution in [0.5, 0.6) is 0 Å². The molecule has 3 rings (SSSR count). The number of nitrogens with zero attached hydrogens (tertiary/aromatic N) is 2. The molecule has 2 aromatic heterocycles. The molecule has 0 aliphatic carbocycles. The van der Waals surface area contributed by atoms with Crippen molar-refractivity contribution in [3.05, 3.63) is 45.4 Å². The predicted molar refractivity (Wildman–Crippen MR) is 105 cm³/mol. The number of amides is 1. The van der Waals surface area contributed by atoms with Crippen molar-refractivity contribution in [2.75, 3.05) is 19.6 Å². The van der Waals surface area contributed by atoms with Crippen molar-refractivity contribution in [1.29, 1.82) is 0 Å². The molecule has 4 nitrogen and oxygen atoms in total. The number of nitrogens with one attached hydrogen (secondary N) is 1. The van der Waals surface area contributed by atoms with Gasteiger partial charge in [0.05, 0.1) is 12.1 Å². The SMILES string of the molecule is CCCN1CCC(NC(=O)c2cc(C)n(Cc3cccs3)c2C)CC1. The third-order valence-corrected chi connectivity index (χ3v) is 6.04. The lowest BCUT2D eigenvalue weighted by molar-refractivity contribution is 0.0910. The normalized spacial score (nSPS) is 16.3. The smallest absolute Gasteiger partial charge is 0.253 e. The Morgan fingerprint density at radius 3 is 2.72 bits per heavy atom. The molecule has 25 heavy (non-hydrogen) atoms. The van der Waals surface area contributed by atoms with E-state index >= 15 is 0 Å². The highest BCUT2D eigenvalue weighted by atomic mass is 32.1. The Bertz CT molecular complexity index is 697. The zero-order valence-corrected chi connectivity index (χ0v) is 16.4. The average molecular weight is 360 g/mol. The van der Waals surface area contributed by atoms with E-state index in [4.69, 9.17) is 0 Å². The summed E-state index contributed by atoms with van der Waals surface area (Å²) in [5, 5.41) is 5.36. The summed E-state index contributed by atoms with van der Waals surface area (Å²) in [7, 11) is 0. The Kier molecular flexibility index (Phi) is 5.97. The highest BCUT2D eigenvalue weighted by Crippen LogP contribution is 2.20. The molecule has 0 unspecified atom stereocenters. The van der Waals surface area contributed by atoms with Gasteiger partial charge in [0, 0.05) is 35.4 Å². The fourth-order valence-electron chi connectivity index (χ4n) is 3.71. The Morgan fingerprint density at radius 1 is 1.32 bits per heavy atom. The molecule has 0 bridgehead atoms. The third-order valence-electron chi connectivity index (χ3n) is 5.17. The second kappa shape index (κ2) is 8.19. The number of carbonyl (C=O) groups is 1. The maximum absolute atomic E-state index is 12.8. The van der Waals surface area contributed by atoms with Gasteiger partial charge >= 0.3 is 0 Å². The molecular formula is C20H29N3OS. The Labute approximate surface area is 154 Å². The molecule has 1 amide bonds. The van der Waals surface area contributed by atoms with Crippen LogP contribution in [0.2, 0.25) is 0 Å². The van der Waals surface area contributed by atoms with Crippen LogP contribution in [0.1, 0.15) is 52.8 Å². The number of aromatic nitrogens is 1. The molecule has 0 aromatic carbocycles. The Hall–Kier alpha value is -1.59. The lowest BCUT2D eigenvalue weighted by Crippen LogP contribution is -2.44. The summed E-state index contributed by atoms with van der Waals surface area (Å²) in [5.74, 6) is 0.0828. The van der Waals surface area contributed by atoms with E-state index < -0.39 is 0 Å². The van der Waals surface area contributed by atoms with Gasteiger partial charge in [0.1, 0.15) is 0 Å². The van der Waals surface area contributed by atoms with Gasteiger partial charge in [-0.15, -0.1) is 11.3 Å². The number of hydrogen-bond donors (Lipinski definition) is 1. The van der Waals surface area contributed by atoms with Crippen LogP contribution in [0.15, 0.2) is 23.6 Å². The van der Waals surface area contributed by atoms with E-state index in [2.05, 4.69) is 53.1 Å². The van der Waals surface area contributed by atoms with Gasteiger partial charge < -0.3 is 14.8 Å². The summed E-state index contributed by atoms with van der Waals surface area (Å²) in [6.07, 6.45) is 3.31. The van der Waals surface area contributed by atoms with Crippen LogP contribution in [0.3, 0.4) is 0 Å². The van der Waals surface area contributed by atoms with Crippen LogP contribution in [0, 0.1) is 13.8 Å². The number of likely N-dealkylation sites (tertiary alicyclic amines) is 1. The van der Waals surface area contributed by atoms with Gasteiger partial charge in [-0.25, -0.2) is 0 Å². The second-order valence-electron chi connectivity index (χ2n) is 7.04. The van der Waals surface area contributed by atoms with E-state index in [9.17, 15) is 4.79 Å². The summed E-state index contributed by atoms with van der Waals surface area (Å²) in [4.78, 5) is 16.6. The van der Waals surface area contributed by atoms with Crippen molar-refractivity contribution < 1.29 is 4.79 Å². The first-order chi connectivity index (χ1) is 12.1. The largest absolute Gasteiger partial charge is 0.349 e. The quantitative estimate of drug-likeness (QED) is 0.851. The van der Waals surface area contributed by atoms with Crippen LogP contribution in [-0.4, -0.2) is 41.1 Å². The molecule has 0 radical (unpaired) electrons. The van der Waals surface area contributed by atoms with Crippen LogP contribution in [-0.2, 0) is 6.54 Å². The number of hydrogen-bond acceptors (Lipinski definition) is 3. The Balaban J connectivity index is 1.63. The zero-order chi connectivity index (χ0) is 17.8. The van der Waals surface area contributed by atoms with Gasteiger partial charge in [0.25, 0.3) is 5.91 Å². The van der Waals surface area contributed by atoms with Gasteiger partial charge in [0.2, 0.25) is 0 Å². The van der Waals surface area contributed by atoms with Crippen LogP contribution in [0.25, 0.3) is 0 Å². The number of rotatable bonds is 6. The van der Waals surface area contributed by atoms with E-state index in [-0.39, 0.29) is 5.91 Å². The summed E-state index contributed by atoms with van der Waals surface area (Å²) in [6, 6.07) is 6.56. The molecule has 2 aromatic rings. The number of thiophene rings is 1. The first-order valence-corrected chi connectivity index (χ1v) is 10.2. The van der Waals surface area contributed by atoms with Crippen molar-refractivity contribution in [1.82, 2.24) is 14.8 Å². The molecule has 5 heteroatoms. The topological polar surface area (TPSA) is 37.3 Å². The average Bonchev–Trinajstić information content (AvgIpc) is 3.20. The van der Waals surface area contributed by atoms with Crippen LogP contribution >= 0.6 is 11.3 Å². The molecule has 0 saturated carbocycles. The standard InChI is InChI=1S/C20H29N3OS/c1-4-9-22-10-7-17(8-11-22)21-20(24)19-13-15(2)23(16(19)3)14-18-6-5-12-25-18/h5-6,12-13,17H,4,7-11,14H2,1-3H3,(H,21,24). The zero-order valence-electron chi connectivity index (χ0n) is 15.5. The fraction of sp³-hybridized carbons (Fsp3) is 0.550. The summed E-state index contributed by atoms with van der Waals surface area (Å²) < 4.78 is 2.24. The maximum Gasteiger partial charge on any atom is 0.253 e. The lowest BCUT2D eigenvalue weighted by Gasteiger charge is -2.32. The van der Waals surface area contributed by atoms with Gasteiger partial charge in [-0.2, -0.15) is 0 Å². The predicted octanol–water partition coefficient (Wildman–Crippen LogP) is 3.82. The maximum atomic E-state index is 12.8. The molecule has 1 N–H and O–H groups in total. The van der Waals surface area contributed by atoms with E-state index in [1.165, 1.54) is 17.8 Å². The van der Waals surface area contributed by atoms with Crippen molar-refractivity contribution in [2.45, 2.75) is 52.6 Å². The minimum atomic E-state index is 0.0828.